The van der Waals surface area contributed by atoms with Gasteiger partial charge in [0.2, 0.25) is 12.7 Å². The summed E-state index contributed by atoms with van der Waals surface area (Å²) in [4.78, 5) is 12.2. The summed E-state index contributed by atoms with van der Waals surface area (Å²) < 4.78 is 16.5. The van der Waals surface area contributed by atoms with Crippen LogP contribution in [0.5, 0.6) is 11.5 Å². The van der Waals surface area contributed by atoms with E-state index in [2.05, 4.69) is 17.4 Å². The molecular formula is C19H25NO4. The van der Waals surface area contributed by atoms with Gasteiger partial charge in [0.05, 0.1) is 6.10 Å². The second kappa shape index (κ2) is 6.63. The van der Waals surface area contributed by atoms with Crippen molar-refractivity contribution >= 4 is 5.91 Å². The van der Waals surface area contributed by atoms with Gasteiger partial charge in [0.15, 0.2) is 11.5 Å². The van der Waals surface area contributed by atoms with Crippen LogP contribution < -0.4 is 14.8 Å². The molecule has 3 aliphatic rings. The Hall–Kier alpha value is -1.75. The first kappa shape index (κ1) is 15.8. The summed E-state index contributed by atoms with van der Waals surface area (Å²) >= 11 is 0. The van der Waals surface area contributed by atoms with Crippen LogP contribution in [0, 0.1) is 0 Å². The lowest BCUT2D eigenvalue weighted by Gasteiger charge is -2.22. The van der Waals surface area contributed by atoms with Crippen LogP contribution in [-0.2, 0) is 14.9 Å². The monoisotopic (exact) mass is 331 g/mol. The Bertz CT molecular complexity index is 605. The van der Waals surface area contributed by atoms with Crippen LogP contribution in [0.25, 0.3) is 0 Å². The standard InChI is InChI=1S/C19H25NO4/c21-18(7-5-15-3-1-2-10-22-15)20-12-19(8-9-19)14-4-6-16-17(11-14)24-13-23-16/h4,6,11,15H,1-3,5,7-10,12-13H2,(H,20,21)/t15-/m0/s1. The summed E-state index contributed by atoms with van der Waals surface area (Å²) in [5, 5.41) is 3.12. The molecule has 0 spiro atoms. The van der Waals surface area contributed by atoms with Crippen LogP contribution in [-0.4, -0.2) is 32.0 Å². The average Bonchev–Trinajstić information content (AvgIpc) is 3.27. The highest BCUT2D eigenvalue weighted by atomic mass is 16.7. The van der Waals surface area contributed by atoms with Gasteiger partial charge in [-0.25, -0.2) is 0 Å². The molecule has 0 unspecified atom stereocenters. The zero-order valence-corrected chi connectivity index (χ0v) is 14.0. The molecule has 0 bridgehead atoms. The van der Waals surface area contributed by atoms with E-state index >= 15 is 0 Å². The molecule has 1 atom stereocenters. The molecule has 4 rings (SSSR count). The molecule has 24 heavy (non-hydrogen) atoms. The lowest BCUT2D eigenvalue weighted by Crippen LogP contribution is -2.33. The Balaban J connectivity index is 1.28. The molecule has 0 radical (unpaired) electrons. The summed E-state index contributed by atoms with van der Waals surface area (Å²) in [5.74, 6) is 1.77. The number of amides is 1. The first-order chi connectivity index (χ1) is 11.8. The number of benzene rings is 1. The Labute approximate surface area is 142 Å². The Morgan fingerprint density at radius 2 is 2.08 bits per heavy atom. The molecule has 5 heteroatoms. The number of hydrogen-bond acceptors (Lipinski definition) is 4. The number of fused-ring (bicyclic) bond motifs is 1. The minimum absolute atomic E-state index is 0.0813. The third kappa shape index (κ3) is 3.36. The molecule has 130 valence electrons. The van der Waals surface area contributed by atoms with Crippen molar-refractivity contribution in [3.63, 3.8) is 0 Å². The van der Waals surface area contributed by atoms with E-state index in [-0.39, 0.29) is 17.4 Å². The van der Waals surface area contributed by atoms with E-state index in [0.29, 0.717) is 19.8 Å². The van der Waals surface area contributed by atoms with E-state index in [4.69, 9.17) is 14.2 Å². The van der Waals surface area contributed by atoms with Crippen molar-refractivity contribution in [1.82, 2.24) is 5.32 Å². The maximum atomic E-state index is 12.2. The molecule has 1 saturated heterocycles. The van der Waals surface area contributed by atoms with Gasteiger partial charge in [0, 0.05) is 25.0 Å². The molecule has 1 saturated carbocycles. The van der Waals surface area contributed by atoms with E-state index in [1.807, 2.05) is 6.07 Å². The molecule has 1 amide bonds. The molecule has 1 aromatic carbocycles. The zero-order chi connectivity index (χ0) is 16.4. The fraction of sp³-hybridized carbons (Fsp3) is 0.632. The van der Waals surface area contributed by atoms with E-state index in [1.165, 1.54) is 12.0 Å². The van der Waals surface area contributed by atoms with Gasteiger partial charge in [-0.1, -0.05) is 6.07 Å². The molecule has 0 aromatic heterocycles. The van der Waals surface area contributed by atoms with Crippen molar-refractivity contribution in [2.45, 2.75) is 56.5 Å². The maximum absolute atomic E-state index is 12.2. The molecule has 2 heterocycles. The highest BCUT2D eigenvalue weighted by Crippen LogP contribution is 2.49. The van der Waals surface area contributed by atoms with Crippen molar-refractivity contribution in [2.24, 2.45) is 0 Å². The third-order valence-corrected chi connectivity index (χ3v) is 5.43. The van der Waals surface area contributed by atoms with Gasteiger partial charge in [0.1, 0.15) is 0 Å². The highest BCUT2D eigenvalue weighted by molar-refractivity contribution is 5.76. The van der Waals surface area contributed by atoms with Crippen molar-refractivity contribution in [3.05, 3.63) is 23.8 Å². The van der Waals surface area contributed by atoms with Crippen LogP contribution in [0.2, 0.25) is 0 Å². The summed E-state index contributed by atoms with van der Waals surface area (Å²) in [6.45, 7) is 1.85. The third-order valence-electron chi connectivity index (χ3n) is 5.43. The van der Waals surface area contributed by atoms with E-state index < -0.39 is 0 Å². The smallest absolute Gasteiger partial charge is 0.231 e. The Morgan fingerprint density at radius 3 is 2.88 bits per heavy atom. The first-order valence-corrected chi connectivity index (χ1v) is 9.04. The molecule has 2 fully saturated rings. The van der Waals surface area contributed by atoms with Gasteiger partial charge in [-0.2, -0.15) is 0 Å². The highest BCUT2D eigenvalue weighted by Gasteiger charge is 2.45. The SMILES string of the molecule is O=C(CC[C@@H]1CCCCO1)NCC1(c2ccc3c(c2)OCO3)CC1. The minimum atomic E-state index is 0.0813. The molecule has 5 nitrogen and oxygen atoms in total. The van der Waals surface area contributed by atoms with E-state index in [1.54, 1.807) is 0 Å². The van der Waals surface area contributed by atoms with Crippen molar-refractivity contribution in [1.29, 1.82) is 0 Å². The normalized spacial score (nSPS) is 23.8. The van der Waals surface area contributed by atoms with Crippen LogP contribution in [0.3, 0.4) is 0 Å². The predicted molar refractivity (Wildman–Crippen MR) is 89.3 cm³/mol. The second-order valence-corrected chi connectivity index (χ2v) is 7.15. The summed E-state index contributed by atoms with van der Waals surface area (Å²) in [6.07, 6.45) is 7.35. The predicted octanol–water partition coefficient (Wildman–Crippen LogP) is 2.91. The maximum Gasteiger partial charge on any atom is 0.231 e. The molecule has 2 aliphatic heterocycles. The van der Waals surface area contributed by atoms with Gasteiger partial charge < -0.3 is 19.5 Å². The number of carbonyl (C=O) groups is 1. The fourth-order valence-corrected chi connectivity index (χ4v) is 3.63. The molecule has 1 N–H and O–H groups in total. The van der Waals surface area contributed by atoms with Gasteiger partial charge in [0.25, 0.3) is 0 Å². The van der Waals surface area contributed by atoms with Crippen molar-refractivity contribution < 1.29 is 19.0 Å². The van der Waals surface area contributed by atoms with Crippen molar-refractivity contribution in [2.75, 3.05) is 19.9 Å². The van der Waals surface area contributed by atoms with Crippen LogP contribution in [0.4, 0.5) is 0 Å². The zero-order valence-electron chi connectivity index (χ0n) is 14.0. The van der Waals surface area contributed by atoms with Gasteiger partial charge in [-0.15, -0.1) is 0 Å². The minimum Gasteiger partial charge on any atom is -0.454 e. The average molecular weight is 331 g/mol. The number of nitrogens with one attached hydrogen (secondary N) is 1. The lowest BCUT2D eigenvalue weighted by molar-refractivity contribution is -0.122. The lowest BCUT2D eigenvalue weighted by atomic mass is 9.95. The second-order valence-electron chi connectivity index (χ2n) is 7.15. The number of hydrogen-bond donors (Lipinski definition) is 1. The number of carbonyl (C=O) groups excluding carboxylic acids is 1. The summed E-state index contributed by atoms with van der Waals surface area (Å²) in [7, 11) is 0. The van der Waals surface area contributed by atoms with Gasteiger partial charge in [-0.05, 0) is 56.2 Å². The molecular weight excluding hydrogens is 306 g/mol. The van der Waals surface area contributed by atoms with Crippen LogP contribution >= 0.6 is 0 Å². The topological polar surface area (TPSA) is 56.8 Å². The van der Waals surface area contributed by atoms with Crippen molar-refractivity contribution in [3.8, 4) is 11.5 Å². The Kier molecular flexibility index (Phi) is 4.35. The van der Waals surface area contributed by atoms with Gasteiger partial charge >= 0.3 is 0 Å². The Morgan fingerprint density at radius 1 is 1.21 bits per heavy atom. The largest absolute Gasteiger partial charge is 0.454 e. The van der Waals surface area contributed by atoms with Crippen LogP contribution in [0.1, 0.15) is 50.5 Å². The number of rotatable bonds is 6. The van der Waals surface area contributed by atoms with Crippen LogP contribution in [0.15, 0.2) is 18.2 Å². The van der Waals surface area contributed by atoms with E-state index in [0.717, 1.165) is 50.2 Å². The van der Waals surface area contributed by atoms with E-state index in [9.17, 15) is 4.79 Å². The summed E-state index contributed by atoms with van der Waals surface area (Å²) in [6, 6.07) is 6.14. The van der Waals surface area contributed by atoms with Gasteiger partial charge in [-0.3, -0.25) is 4.79 Å². The molecule has 1 aliphatic carbocycles. The first-order valence-electron chi connectivity index (χ1n) is 9.04. The quantitative estimate of drug-likeness (QED) is 0.871. The molecule has 1 aromatic rings. The fourth-order valence-electron chi connectivity index (χ4n) is 3.63. The number of ether oxygens (including phenoxy) is 3. The summed E-state index contributed by atoms with van der Waals surface area (Å²) in [5.41, 5.74) is 1.32.